The van der Waals surface area contributed by atoms with Crippen molar-refractivity contribution >= 4 is 11.6 Å². The summed E-state index contributed by atoms with van der Waals surface area (Å²) >= 11 is 0. The molecule has 112 valence electrons. The fraction of sp³-hybridized carbons (Fsp3) is 0.533. The van der Waals surface area contributed by atoms with E-state index in [0.29, 0.717) is 6.54 Å². The lowest BCUT2D eigenvalue weighted by Gasteiger charge is -2.19. The quantitative estimate of drug-likeness (QED) is 0.787. The zero-order valence-electron chi connectivity index (χ0n) is 12.6. The Labute approximate surface area is 120 Å². The Bertz CT molecular complexity index is 428. The third kappa shape index (κ3) is 6.14. The number of aliphatic hydroxyl groups excluding tert-OH is 1. The number of aliphatic hydroxyl groups is 1. The molecule has 0 spiro atoms. The zero-order chi connectivity index (χ0) is 15.1. The molecule has 2 N–H and O–H groups in total. The van der Waals surface area contributed by atoms with Crippen LogP contribution in [0.2, 0.25) is 0 Å². The lowest BCUT2D eigenvalue weighted by Crippen LogP contribution is -2.37. The maximum absolute atomic E-state index is 11.9. The molecule has 0 aliphatic heterocycles. The van der Waals surface area contributed by atoms with E-state index < -0.39 is 6.10 Å². The van der Waals surface area contributed by atoms with Crippen molar-refractivity contribution in [1.29, 1.82) is 0 Å². The van der Waals surface area contributed by atoms with Crippen LogP contribution in [-0.4, -0.2) is 55.9 Å². The fourth-order valence-corrected chi connectivity index (χ4v) is 2.16. The molecule has 0 bridgehead atoms. The van der Waals surface area contributed by atoms with Crippen LogP contribution in [0, 0.1) is 13.8 Å². The van der Waals surface area contributed by atoms with Crippen molar-refractivity contribution in [3.8, 4) is 0 Å². The number of methoxy groups -OCH3 is 1. The number of nitrogens with zero attached hydrogens (tertiary/aromatic N) is 1. The average molecular weight is 280 g/mol. The summed E-state index contributed by atoms with van der Waals surface area (Å²) in [5.41, 5.74) is 3.03. The van der Waals surface area contributed by atoms with Gasteiger partial charge in [-0.15, -0.1) is 0 Å². The van der Waals surface area contributed by atoms with Gasteiger partial charge in [0.1, 0.15) is 0 Å². The van der Waals surface area contributed by atoms with Crippen LogP contribution in [0.3, 0.4) is 0 Å². The number of amides is 1. The Morgan fingerprint density at radius 3 is 2.50 bits per heavy atom. The second-order valence-corrected chi connectivity index (χ2v) is 5.23. The van der Waals surface area contributed by atoms with E-state index in [9.17, 15) is 9.90 Å². The third-order valence-electron chi connectivity index (χ3n) is 2.80. The molecule has 1 unspecified atom stereocenters. The summed E-state index contributed by atoms with van der Waals surface area (Å²) in [6.45, 7) is 4.89. The van der Waals surface area contributed by atoms with E-state index >= 15 is 0 Å². The van der Waals surface area contributed by atoms with Crippen molar-refractivity contribution in [1.82, 2.24) is 4.90 Å². The maximum atomic E-state index is 11.9. The topological polar surface area (TPSA) is 61.8 Å². The largest absolute Gasteiger partial charge is 0.389 e. The van der Waals surface area contributed by atoms with Gasteiger partial charge in [-0.25, -0.2) is 0 Å². The van der Waals surface area contributed by atoms with Gasteiger partial charge in [-0.05, 0) is 44.2 Å². The Morgan fingerprint density at radius 1 is 1.35 bits per heavy atom. The molecule has 0 radical (unpaired) electrons. The van der Waals surface area contributed by atoms with Gasteiger partial charge >= 0.3 is 0 Å². The SMILES string of the molecule is COCC(O)CN(C)CC(=O)Nc1cc(C)cc(C)c1. The Hall–Kier alpha value is -1.43. The minimum absolute atomic E-state index is 0.0953. The van der Waals surface area contributed by atoms with Crippen LogP contribution in [0.25, 0.3) is 0 Å². The van der Waals surface area contributed by atoms with Crippen LogP contribution in [0.4, 0.5) is 5.69 Å². The second kappa shape index (κ2) is 7.99. The molecule has 0 aromatic heterocycles. The fourth-order valence-electron chi connectivity index (χ4n) is 2.16. The summed E-state index contributed by atoms with van der Waals surface area (Å²) in [7, 11) is 3.33. The Morgan fingerprint density at radius 2 is 1.95 bits per heavy atom. The number of aryl methyl sites for hydroxylation is 2. The van der Waals surface area contributed by atoms with Gasteiger partial charge in [0.05, 0.1) is 19.3 Å². The molecule has 1 rings (SSSR count). The van der Waals surface area contributed by atoms with Gasteiger partial charge in [-0.2, -0.15) is 0 Å². The molecule has 1 amide bonds. The lowest BCUT2D eigenvalue weighted by molar-refractivity contribution is -0.117. The molecule has 0 aliphatic carbocycles. The van der Waals surface area contributed by atoms with Crippen LogP contribution in [0.15, 0.2) is 18.2 Å². The van der Waals surface area contributed by atoms with Gasteiger partial charge in [-0.3, -0.25) is 9.69 Å². The molecule has 0 heterocycles. The standard InChI is InChI=1S/C15H24N2O3/c1-11-5-12(2)7-13(6-11)16-15(19)9-17(3)8-14(18)10-20-4/h5-7,14,18H,8-10H2,1-4H3,(H,16,19). The molecule has 20 heavy (non-hydrogen) atoms. The summed E-state index contributed by atoms with van der Waals surface area (Å²) in [6.07, 6.45) is -0.584. The number of carbonyl (C=O) groups is 1. The van der Waals surface area contributed by atoms with Crippen LogP contribution >= 0.6 is 0 Å². The van der Waals surface area contributed by atoms with Gasteiger partial charge in [0.15, 0.2) is 0 Å². The van der Waals surface area contributed by atoms with Gasteiger partial charge < -0.3 is 15.2 Å². The highest BCUT2D eigenvalue weighted by molar-refractivity contribution is 5.92. The van der Waals surface area contributed by atoms with Gasteiger partial charge in [0.2, 0.25) is 5.91 Å². The monoisotopic (exact) mass is 280 g/mol. The molecular weight excluding hydrogens is 256 g/mol. The second-order valence-electron chi connectivity index (χ2n) is 5.23. The van der Waals surface area contributed by atoms with E-state index in [1.54, 1.807) is 11.9 Å². The molecule has 0 saturated heterocycles. The van der Waals surface area contributed by atoms with Crippen LogP contribution in [0.1, 0.15) is 11.1 Å². The van der Waals surface area contributed by atoms with E-state index in [4.69, 9.17) is 4.74 Å². The number of ether oxygens (including phenoxy) is 1. The van der Waals surface area contributed by atoms with E-state index in [1.807, 2.05) is 26.0 Å². The van der Waals surface area contributed by atoms with Gasteiger partial charge in [-0.1, -0.05) is 6.07 Å². The summed E-state index contributed by atoms with van der Waals surface area (Å²) in [6, 6.07) is 5.93. The minimum atomic E-state index is -0.584. The van der Waals surface area contributed by atoms with Crippen LogP contribution in [0.5, 0.6) is 0 Å². The van der Waals surface area contributed by atoms with Crippen molar-refractivity contribution in [3.05, 3.63) is 29.3 Å². The number of hydrogen-bond donors (Lipinski definition) is 2. The summed E-state index contributed by atoms with van der Waals surface area (Å²) < 4.78 is 4.85. The van der Waals surface area contributed by atoms with E-state index in [-0.39, 0.29) is 19.1 Å². The first-order valence-corrected chi connectivity index (χ1v) is 6.64. The minimum Gasteiger partial charge on any atom is -0.389 e. The highest BCUT2D eigenvalue weighted by Crippen LogP contribution is 2.13. The first-order valence-electron chi connectivity index (χ1n) is 6.64. The predicted octanol–water partition coefficient (Wildman–Crippen LogP) is 1.18. The molecule has 0 saturated carbocycles. The van der Waals surface area contributed by atoms with Crippen molar-refractivity contribution < 1.29 is 14.6 Å². The number of likely N-dealkylation sites (N-methyl/N-ethyl adjacent to an activating group) is 1. The van der Waals surface area contributed by atoms with Crippen molar-refractivity contribution in [2.45, 2.75) is 20.0 Å². The number of benzene rings is 1. The first-order chi connectivity index (χ1) is 9.40. The van der Waals surface area contributed by atoms with E-state index in [1.165, 1.54) is 7.11 Å². The third-order valence-corrected chi connectivity index (χ3v) is 2.80. The normalized spacial score (nSPS) is 12.5. The van der Waals surface area contributed by atoms with Crippen molar-refractivity contribution in [2.24, 2.45) is 0 Å². The summed E-state index contributed by atoms with van der Waals surface area (Å²) in [5, 5.41) is 12.5. The highest BCUT2D eigenvalue weighted by atomic mass is 16.5. The first kappa shape index (κ1) is 16.6. The van der Waals surface area contributed by atoms with E-state index in [0.717, 1.165) is 16.8 Å². The summed E-state index contributed by atoms with van der Waals surface area (Å²) in [5.74, 6) is -0.0953. The summed E-state index contributed by atoms with van der Waals surface area (Å²) in [4.78, 5) is 13.7. The molecule has 1 aromatic carbocycles. The number of carbonyl (C=O) groups excluding carboxylic acids is 1. The zero-order valence-corrected chi connectivity index (χ0v) is 12.6. The molecule has 1 aromatic rings. The number of hydrogen-bond acceptors (Lipinski definition) is 4. The number of anilines is 1. The molecule has 1 atom stereocenters. The average Bonchev–Trinajstić information content (AvgIpc) is 2.26. The van der Waals surface area contributed by atoms with Crippen LogP contribution in [-0.2, 0) is 9.53 Å². The van der Waals surface area contributed by atoms with Gasteiger partial charge in [0, 0.05) is 19.3 Å². The number of rotatable bonds is 7. The molecule has 0 fully saturated rings. The van der Waals surface area contributed by atoms with E-state index in [2.05, 4.69) is 11.4 Å². The van der Waals surface area contributed by atoms with Crippen molar-refractivity contribution in [3.63, 3.8) is 0 Å². The molecule has 5 nitrogen and oxygen atoms in total. The predicted molar refractivity (Wildman–Crippen MR) is 79.9 cm³/mol. The number of nitrogens with one attached hydrogen (secondary N) is 1. The lowest BCUT2D eigenvalue weighted by atomic mass is 10.1. The Kier molecular flexibility index (Phi) is 6.64. The maximum Gasteiger partial charge on any atom is 0.238 e. The highest BCUT2D eigenvalue weighted by Gasteiger charge is 2.11. The molecular formula is C15H24N2O3. The Balaban J connectivity index is 2.46. The van der Waals surface area contributed by atoms with Crippen molar-refractivity contribution in [2.75, 3.05) is 39.2 Å². The molecule has 5 heteroatoms. The van der Waals surface area contributed by atoms with Gasteiger partial charge in [0.25, 0.3) is 0 Å². The molecule has 0 aliphatic rings. The smallest absolute Gasteiger partial charge is 0.238 e. The van der Waals surface area contributed by atoms with Crippen LogP contribution < -0.4 is 5.32 Å².